The van der Waals surface area contributed by atoms with Crippen LogP contribution < -0.4 is 10.0 Å². The molecule has 0 spiro atoms. The third-order valence-corrected chi connectivity index (χ3v) is 6.00. The van der Waals surface area contributed by atoms with Crippen LogP contribution in [0.4, 0.5) is 5.69 Å². The largest absolute Gasteiger partial charge is 0.545 e. The Morgan fingerprint density at radius 2 is 1.96 bits per heavy atom. The molecule has 1 aromatic heterocycles. The maximum Gasteiger partial charge on any atom is 0.270 e. The third kappa shape index (κ3) is 3.02. The van der Waals surface area contributed by atoms with Crippen molar-refractivity contribution in [1.82, 2.24) is 4.57 Å². The molecule has 0 N–H and O–H groups in total. The Morgan fingerprint density at radius 3 is 2.71 bits per heavy atom. The number of carbonyl (C=O) groups excluding carboxylic acids is 2. The number of carboxylic acids is 1. The average molecular weight is 407 g/mol. The highest BCUT2D eigenvalue weighted by atomic mass is 32.2. The second-order valence-corrected chi connectivity index (χ2v) is 8.19. The highest BCUT2D eigenvalue weighted by Crippen LogP contribution is 2.38. The van der Waals surface area contributed by atoms with Gasteiger partial charge in [-0.15, -0.1) is 0 Å². The monoisotopic (exact) mass is 407 g/mol. The van der Waals surface area contributed by atoms with Crippen LogP contribution in [0, 0.1) is 6.92 Å². The maximum absolute atomic E-state index is 13.1. The van der Waals surface area contributed by atoms with Crippen molar-refractivity contribution in [1.29, 1.82) is 0 Å². The zero-order valence-electron chi connectivity index (χ0n) is 15.1. The SMILES string of the molecule is Cc1ccc(C(=O)[O-])cc1N1C(=O)/C(=C/c2cn(C)c3ccccc23)SC1=S. The number of aromatic nitrogens is 1. The minimum Gasteiger partial charge on any atom is -0.545 e. The van der Waals surface area contributed by atoms with E-state index in [1.54, 1.807) is 13.0 Å². The number of nitrogens with zero attached hydrogens (tertiary/aromatic N) is 2. The number of para-hydroxylation sites is 1. The highest BCUT2D eigenvalue weighted by Gasteiger charge is 2.34. The molecule has 0 radical (unpaired) electrons. The number of thioether (sulfide) groups is 1. The van der Waals surface area contributed by atoms with Crippen molar-refractivity contribution in [3.63, 3.8) is 0 Å². The van der Waals surface area contributed by atoms with Gasteiger partial charge in [-0.3, -0.25) is 9.69 Å². The molecule has 0 unspecified atom stereocenters. The Labute approximate surface area is 171 Å². The molecule has 140 valence electrons. The van der Waals surface area contributed by atoms with E-state index < -0.39 is 5.97 Å². The molecule has 1 fully saturated rings. The standard InChI is InChI=1S/C21H16N2O3S2/c1-12-7-8-13(20(25)26)9-17(12)23-19(24)18(28-21(23)27)10-14-11-22(2)16-6-4-3-5-15(14)16/h3-11H,1-2H3,(H,25,26)/p-1/b18-10-. The summed E-state index contributed by atoms with van der Waals surface area (Å²) < 4.78 is 2.38. The van der Waals surface area contributed by atoms with Crippen molar-refractivity contribution >= 4 is 62.8 Å². The van der Waals surface area contributed by atoms with Gasteiger partial charge >= 0.3 is 0 Å². The van der Waals surface area contributed by atoms with Crippen molar-refractivity contribution in [3.8, 4) is 0 Å². The smallest absolute Gasteiger partial charge is 0.270 e. The van der Waals surface area contributed by atoms with E-state index in [-0.39, 0.29) is 11.5 Å². The van der Waals surface area contributed by atoms with Gasteiger partial charge in [-0.2, -0.15) is 0 Å². The minimum absolute atomic E-state index is 0.00711. The summed E-state index contributed by atoms with van der Waals surface area (Å²) >= 11 is 6.63. The Bertz CT molecular complexity index is 1190. The van der Waals surface area contributed by atoms with E-state index >= 15 is 0 Å². The van der Waals surface area contributed by atoms with Gasteiger partial charge in [0, 0.05) is 29.7 Å². The topological polar surface area (TPSA) is 65.4 Å². The molecule has 0 aliphatic carbocycles. The Morgan fingerprint density at radius 1 is 1.21 bits per heavy atom. The zero-order valence-corrected chi connectivity index (χ0v) is 16.8. The lowest BCUT2D eigenvalue weighted by molar-refractivity contribution is -0.255. The maximum atomic E-state index is 13.1. The fourth-order valence-electron chi connectivity index (χ4n) is 3.28. The molecule has 28 heavy (non-hydrogen) atoms. The van der Waals surface area contributed by atoms with Crippen LogP contribution in [0.3, 0.4) is 0 Å². The molecule has 1 aliphatic rings. The number of thiocarbonyl (C=S) groups is 1. The zero-order chi connectivity index (χ0) is 20.0. The molecule has 7 heteroatoms. The molecule has 0 saturated carbocycles. The van der Waals surface area contributed by atoms with E-state index in [1.165, 1.54) is 28.8 Å². The quantitative estimate of drug-likeness (QED) is 0.493. The molecule has 0 atom stereocenters. The molecule has 2 aromatic carbocycles. The lowest BCUT2D eigenvalue weighted by Crippen LogP contribution is -2.29. The van der Waals surface area contributed by atoms with Gasteiger partial charge < -0.3 is 14.5 Å². The van der Waals surface area contributed by atoms with E-state index in [2.05, 4.69) is 0 Å². The summed E-state index contributed by atoms with van der Waals surface area (Å²) in [5.41, 5.74) is 3.23. The number of benzene rings is 2. The number of rotatable bonds is 3. The number of hydrogen-bond donors (Lipinski definition) is 0. The van der Waals surface area contributed by atoms with Gasteiger partial charge in [-0.1, -0.05) is 54.3 Å². The Kier molecular flexibility index (Phi) is 4.56. The Balaban J connectivity index is 1.77. The van der Waals surface area contributed by atoms with Crippen LogP contribution in [-0.4, -0.2) is 20.8 Å². The van der Waals surface area contributed by atoms with Crippen molar-refractivity contribution in [2.75, 3.05) is 4.90 Å². The van der Waals surface area contributed by atoms with E-state index in [1.807, 2.05) is 48.2 Å². The van der Waals surface area contributed by atoms with Gasteiger partial charge in [0.1, 0.15) is 0 Å². The highest BCUT2D eigenvalue weighted by molar-refractivity contribution is 8.27. The van der Waals surface area contributed by atoms with Crippen LogP contribution in [0.25, 0.3) is 17.0 Å². The van der Waals surface area contributed by atoms with Gasteiger partial charge in [0.05, 0.1) is 16.6 Å². The summed E-state index contributed by atoms with van der Waals surface area (Å²) in [5.74, 6) is -1.56. The van der Waals surface area contributed by atoms with E-state index in [4.69, 9.17) is 12.2 Å². The summed E-state index contributed by atoms with van der Waals surface area (Å²) in [4.78, 5) is 26.2. The second-order valence-electron chi connectivity index (χ2n) is 6.52. The lowest BCUT2D eigenvalue weighted by atomic mass is 10.1. The van der Waals surface area contributed by atoms with Gasteiger partial charge in [-0.05, 0) is 36.3 Å². The number of fused-ring (bicyclic) bond motifs is 1. The summed E-state index contributed by atoms with van der Waals surface area (Å²) in [6.45, 7) is 1.81. The van der Waals surface area contributed by atoms with Crippen molar-refractivity contribution in [2.45, 2.75) is 6.92 Å². The molecular formula is C21H15N2O3S2-. The molecule has 1 aliphatic heterocycles. The predicted octanol–water partition coefficient (Wildman–Crippen LogP) is 3.26. The first-order chi connectivity index (χ1) is 13.4. The van der Waals surface area contributed by atoms with E-state index in [9.17, 15) is 14.7 Å². The second kappa shape index (κ2) is 6.92. The first kappa shape index (κ1) is 18.5. The molecule has 1 saturated heterocycles. The summed E-state index contributed by atoms with van der Waals surface area (Å²) in [6.07, 6.45) is 3.80. The Hall–Kier alpha value is -2.90. The van der Waals surface area contributed by atoms with Gasteiger partial charge in [0.2, 0.25) is 0 Å². The summed E-state index contributed by atoms with van der Waals surface area (Å²) in [7, 11) is 1.96. The molecule has 3 aromatic rings. The van der Waals surface area contributed by atoms with Crippen molar-refractivity contribution in [2.24, 2.45) is 7.05 Å². The van der Waals surface area contributed by atoms with Crippen molar-refractivity contribution in [3.05, 3.63) is 70.3 Å². The van der Waals surface area contributed by atoms with Gasteiger partial charge in [0.25, 0.3) is 5.91 Å². The van der Waals surface area contributed by atoms with Gasteiger partial charge in [-0.25, -0.2) is 0 Å². The molecule has 5 nitrogen and oxygen atoms in total. The van der Waals surface area contributed by atoms with Crippen LogP contribution in [0.15, 0.2) is 53.6 Å². The minimum atomic E-state index is -1.29. The van der Waals surface area contributed by atoms with E-state index in [0.29, 0.717) is 14.9 Å². The molecule has 0 bridgehead atoms. The first-order valence-electron chi connectivity index (χ1n) is 8.51. The van der Waals surface area contributed by atoms with Crippen LogP contribution in [0.1, 0.15) is 21.5 Å². The van der Waals surface area contributed by atoms with Crippen LogP contribution in [-0.2, 0) is 11.8 Å². The lowest BCUT2D eigenvalue weighted by Gasteiger charge is -2.18. The number of hydrogen-bond acceptors (Lipinski definition) is 5. The van der Waals surface area contributed by atoms with Crippen LogP contribution >= 0.6 is 24.0 Å². The normalized spacial score (nSPS) is 15.8. The number of carboxylic acid groups (broad SMARTS) is 1. The van der Waals surface area contributed by atoms with Gasteiger partial charge in [0.15, 0.2) is 4.32 Å². The fraction of sp³-hybridized carbons (Fsp3) is 0.0952. The van der Waals surface area contributed by atoms with Crippen LogP contribution in [0.5, 0.6) is 0 Å². The summed E-state index contributed by atoms with van der Waals surface area (Å²) in [6, 6.07) is 12.5. The predicted molar refractivity (Wildman–Crippen MR) is 114 cm³/mol. The number of aryl methyl sites for hydroxylation is 2. The number of amides is 1. The number of anilines is 1. The molecular weight excluding hydrogens is 392 g/mol. The average Bonchev–Trinajstić information content (AvgIpc) is 3.12. The van der Waals surface area contributed by atoms with E-state index in [0.717, 1.165) is 22.0 Å². The first-order valence-corrected chi connectivity index (χ1v) is 9.73. The number of aromatic carboxylic acids is 1. The number of carbonyl (C=O) groups is 2. The fourth-order valence-corrected chi connectivity index (χ4v) is 4.56. The van der Waals surface area contributed by atoms with Crippen molar-refractivity contribution < 1.29 is 14.7 Å². The summed E-state index contributed by atoms with van der Waals surface area (Å²) in [5, 5.41) is 12.3. The molecule has 2 heterocycles. The molecule has 1 amide bonds. The molecule has 4 rings (SSSR count). The van der Waals surface area contributed by atoms with Crippen LogP contribution in [0.2, 0.25) is 0 Å². The third-order valence-electron chi connectivity index (χ3n) is 4.69.